The molecule has 0 aromatic heterocycles. The summed E-state index contributed by atoms with van der Waals surface area (Å²) >= 11 is 0. The maximum Gasteiger partial charge on any atom is 0.245 e. The minimum absolute atomic E-state index is 0.0669. The summed E-state index contributed by atoms with van der Waals surface area (Å²) in [6, 6.07) is 11.0. The number of methoxy groups -OCH3 is 1. The highest BCUT2D eigenvalue weighted by Gasteiger charge is 2.33. The van der Waals surface area contributed by atoms with Crippen molar-refractivity contribution in [3.8, 4) is 11.5 Å². The fourth-order valence-electron chi connectivity index (χ4n) is 6.05. The maximum absolute atomic E-state index is 14.0. The fourth-order valence-corrected chi connectivity index (χ4v) is 6.05. The summed E-state index contributed by atoms with van der Waals surface area (Å²) in [5.41, 5.74) is 1.51. The molecular weight excluding hydrogens is 652 g/mol. The monoisotopic (exact) mass is 706 g/mol. The van der Waals surface area contributed by atoms with E-state index in [9.17, 15) is 24.0 Å². The molecule has 5 amide bonds. The molecule has 13 nitrogen and oxygen atoms in total. The van der Waals surface area contributed by atoms with Crippen LogP contribution in [0.5, 0.6) is 11.5 Å². The molecule has 0 unspecified atom stereocenters. The number of fused-ring (bicyclic) bond motifs is 17. The van der Waals surface area contributed by atoms with Crippen molar-refractivity contribution in [1.82, 2.24) is 31.1 Å². The topological polar surface area (TPSA) is 158 Å². The minimum Gasteiger partial charge on any atom is -0.497 e. The van der Waals surface area contributed by atoms with Gasteiger partial charge in [-0.25, -0.2) is 0 Å². The van der Waals surface area contributed by atoms with E-state index in [1.807, 2.05) is 12.1 Å². The molecule has 1 fully saturated rings. The molecule has 2 heterocycles. The fraction of sp³-hybridized carbons (Fsp3) is 0.553. The minimum atomic E-state index is -1.09. The lowest BCUT2D eigenvalue weighted by molar-refractivity contribution is -0.140. The molecule has 2 aromatic rings. The van der Waals surface area contributed by atoms with Gasteiger partial charge in [0.2, 0.25) is 29.5 Å². The lowest BCUT2D eigenvalue weighted by Gasteiger charge is -2.29. The van der Waals surface area contributed by atoms with Crippen LogP contribution in [0.1, 0.15) is 51.2 Å². The SMILES string of the molecule is COc1ccc(C[C@@H]2NC(=O)[C@@H](NC(=O)CN(C)C)Cc3ccc(cc3)OC[C@H](CC(C)C)NC(=O)CN(CC3CC3)C(=O)[C@@H](C)NC2=O)cc1. The molecule has 2 aliphatic heterocycles. The maximum atomic E-state index is 14.0. The number of rotatable bonds is 10. The quantitative estimate of drug-likeness (QED) is 0.272. The third-order valence-corrected chi connectivity index (χ3v) is 8.83. The van der Waals surface area contributed by atoms with Crippen molar-refractivity contribution in [3.05, 3.63) is 59.7 Å². The van der Waals surface area contributed by atoms with Crippen molar-refractivity contribution in [2.75, 3.05) is 47.4 Å². The molecule has 0 spiro atoms. The summed E-state index contributed by atoms with van der Waals surface area (Å²) in [4.78, 5) is 71.2. The van der Waals surface area contributed by atoms with E-state index in [4.69, 9.17) is 9.47 Å². The van der Waals surface area contributed by atoms with Gasteiger partial charge in [0, 0.05) is 19.4 Å². The number of amides is 5. The molecular formula is C38H54N6O7. The number of nitrogens with one attached hydrogen (secondary N) is 4. The number of ether oxygens (including phenoxy) is 2. The largest absolute Gasteiger partial charge is 0.497 e. The molecule has 2 aromatic carbocycles. The zero-order valence-electron chi connectivity index (χ0n) is 30.7. The highest BCUT2D eigenvalue weighted by atomic mass is 16.5. The molecule has 278 valence electrons. The van der Waals surface area contributed by atoms with Gasteiger partial charge < -0.3 is 40.5 Å². The second-order valence-electron chi connectivity index (χ2n) is 14.4. The highest BCUT2D eigenvalue weighted by molar-refractivity contribution is 5.95. The van der Waals surface area contributed by atoms with E-state index in [1.165, 1.54) is 4.90 Å². The van der Waals surface area contributed by atoms with Crippen molar-refractivity contribution >= 4 is 29.5 Å². The van der Waals surface area contributed by atoms with Gasteiger partial charge in [-0.3, -0.25) is 24.0 Å². The summed E-state index contributed by atoms with van der Waals surface area (Å²) in [5.74, 6) is -0.345. The average Bonchev–Trinajstić information content (AvgIpc) is 3.90. The average molecular weight is 707 g/mol. The molecule has 0 saturated heterocycles. The Kier molecular flexibility index (Phi) is 14.2. The first-order valence-corrected chi connectivity index (χ1v) is 17.8. The van der Waals surface area contributed by atoms with Crippen molar-refractivity contribution in [2.45, 2.75) is 77.0 Å². The lowest BCUT2D eigenvalue weighted by Crippen LogP contribution is -2.58. The van der Waals surface area contributed by atoms with Crippen LogP contribution in [-0.2, 0) is 36.8 Å². The van der Waals surface area contributed by atoms with Crippen LogP contribution in [0.25, 0.3) is 0 Å². The summed E-state index contributed by atoms with van der Waals surface area (Å²) in [5, 5.41) is 11.6. The van der Waals surface area contributed by atoms with E-state index in [2.05, 4.69) is 35.1 Å². The lowest BCUT2D eigenvalue weighted by atomic mass is 10.0. The molecule has 1 saturated carbocycles. The van der Waals surface area contributed by atoms with Gasteiger partial charge in [0.1, 0.15) is 36.2 Å². The molecule has 13 heteroatoms. The Labute approximate surface area is 301 Å². The van der Waals surface area contributed by atoms with E-state index in [0.717, 1.165) is 24.0 Å². The van der Waals surface area contributed by atoms with Gasteiger partial charge in [0.05, 0.1) is 26.2 Å². The standard InChI is InChI=1S/C38H54N6O7/c1-24(2)17-29-23-51-31-15-11-27(12-16-31)18-32(41-34(45)21-43(4)5)37(48)42-33(19-26-9-13-30(50-6)14-10-26)36(47)39-25(3)38(49)44(20-28-7-8-28)22-35(46)40-29/h9-16,24-25,28-29,32-33H,7-8,17-23H2,1-6H3,(H,39,47)(H,40,46)(H,41,45)(H,42,48)/t25-,29+,32+,33+/m1/s1. The molecule has 2 bridgehead atoms. The van der Waals surface area contributed by atoms with E-state index >= 15 is 0 Å². The number of carbonyl (C=O) groups is 5. The predicted octanol–water partition coefficient (Wildman–Crippen LogP) is 1.68. The predicted molar refractivity (Wildman–Crippen MR) is 193 cm³/mol. The van der Waals surface area contributed by atoms with Gasteiger partial charge in [-0.15, -0.1) is 0 Å². The second kappa shape index (κ2) is 18.5. The number of likely N-dealkylation sites (N-methyl/N-ethyl adjacent to an activating group) is 1. The summed E-state index contributed by atoms with van der Waals surface area (Å²) in [6.07, 6.45) is 2.87. The Bertz CT molecular complexity index is 1490. The van der Waals surface area contributed by atoms with Crippen molar-refractivity contribution in [1.29, 1.82) is 0 Å². The number of nitrogens with zero attached hydrogens (tertiary/aromatic N) is 2. The number of hydrogen-bond acceptors (Lipinski definition) is 8. The highest BCUT2D eigenvalue weighted by Crippen LogP contribution is 2.30. The number of carbonyl (C=O) groups excluding carboxylic acids is 5. The van der Waals surface area contributed by atoms with Crippen LogP contribution < -0.4 is 30.7 Å². The molecule has 1 aliphatic carbocycles. The zero-order chi connectivity index (χ0) is 37.1. The molecule has 3 aliphatic rings. The van der Waals surface area contributed by atoms with Crippen LogP contribution in [0.15, 0.2) is 48.5 Å². The van der Waals surface area contributed by atoms with E-state index < -0.39 is 29.9 Å². The van der Waals surface area contributed by atoms with Crippen LogP contribution in [0, 0.1) is 11.8 Å². The van der Waals surface area contributed by atoms with Crippen molar-refractivity contribution in [3.63, 3.8) is 0 Å². The van der Waals surface area contributed by atoms with Gasteiger partial charge in [-0.1, -0.05) is 38.1 Å². The third kappa shape index (κ3) is 12.9. The second-order valence-corrected chi connectivity index (χ2v) is 14.4. The normalized spacial score (nSPS) is 22.5. The van der Waals surface area contributed by atoms with Gasteiger partial charge in [0.15, 0.2) is 0 Å². The molecule has 51 heavy (non-hydrogen) atoms. The van der Waals surface area contributed by atoms with E-state index in [0.29, 0.717) is 30.4 Å². The van der Waals surface area contributed by atoms with Gasteiger partial charge in [0.25, 0.3) is 0 Å². The Morgan fingerprint density at radius 1 is 0.980 bits per heavy atom. The summed E-state index contributed by atoms with van der Waals surface area (Å²) in [7, 11) is 5.07. The van der Waals surface area contributed by atoms with Gasteiger partial charge >= 0.3 is 0 Å². The summed E-state index contributed by atoms with van der Waals surface area (Å²) < 4.78 is 11.4. The first-order valence-electron chi connectivity index (χ1n) is 17.8. The molecule has 4 N–H and O–H groups in total. The van der Waals surface area contributed by atoms with Gasteiger partial charge in [-0.05, 0) is 87.5 Å². The Morgan fingerprint density at radius 3 is 2.27 bits per heavy atom. The Hall–Kier alpha value is -4.65. The van der Waals surface area contributed by atoms with Crippen LogP contribution in [0.4, 0.5) is 0 Å². The number of hydrogen-bond donors (Lipinski definition) is 4. The number of benzene rings is 2. The van der Waals surface area contributed by atoms with Crippen molar-refractivity contribution < 1.29 is 33.4 Å². The Morgan fingerprint density at radius 2 is 1.67 bits per heavy atom. The van der Waals surface area contributed by atoms with Crippen LogP contribution >= 0.6 is 0 Å². The van der Waals surface area contributed by atoms with Crippen LogP contribution in [0.3, 0.4) is 0 Å². The third-order valence-electron chi connectivity index (χ3n) is 8.83. The first-order chi connectivity index (χ1) is 24.3. The first kappa shape index (κ1) is 39.1. The van der Waals surface area contributed by atoms with E-state index in [1.54, 1.807) is 69.4 Å². The molecule has 5 rings (SSSR count). The van der Waals surface area contributed by atoms with Crippen LogP contribution in [0.2, 0.25) is 0 Å². The van der Waals surface area contributed by atoms with E-state index in [-0.39, 0.29) is 62.2 Å². The molecule has 4 atom stereocenters. The van der Waals surface area contributed by atoms with Gasteiger partial charge in [-0.2, -0.15) is 0 Å². The summed E-state index contributed by atoms with van der Waals surface area (Å²) in [6.45, 7) is 6.27. The Balaban J connectivity index is 1.67. The smallest absolute Gasteiger partial charge is 0.245 e. The van der Waals surface area contributed by atoms with Crippen LogP contribution in [-0.4, -0.2) is 111 Å². The van der Waals surface area contributed by atoms with Crippen molar-refractivity contribution in [2.24, 2.45) is 11.8 Å². The zero-order valence-corrected chi connectivity index (χ0v) is 30.7. The molecule has 0 radical (unpaired) electrons.